The molecule has 0 bridgehead atoms. The lowest BCUT2D eigenvalue weighted by Crippen LogP contribution is -2.21. The van der Waals surface area contributed by atoms with Gasteiger partial charge in [0.2, 0.25) is 0 Å². The molecular formula is C16H33NO2. The van der Waals surface area contributed by atoms with Gasteiger partial charge in [-0.15, -0.1) is 0 Å². The Balaban J connectivity index is 3.86. The third-order valence-electron chi connectivity index (χ3n) is 3.62. The maximum absolute atomic E-state index is 11.8. The average molecular weight is 271 g/mol. The van der Waals surface area contributed by atoms with Crippen molar-refractivity contribution in [3.8, 4) is 0 Å². The molecule has 0 heterocycles. The first-order valence-electron chi connectivity index (χ1n) is 8.12. The van der Waals surface area contributed by atoms with E-state index < -0.39 is 0 Å². The summed E-state index contributed by atoms with van der Waals surface area (Å²) in [4.78, 5) is 11.8. The maximum atomic E-state index is 11.8. The molecule has 0 saturated carbocycles. The third-order valence-corrected chi connectivity index (χ3v) is 3.62. The van der Waals surface area contributed by atoms with Gasteiger partial charge >= 0.3 is 5.97 Å². The number of nitrogens with two attached hydrogens (primary N) is 1. The second-order valence-corrected chi connectivity index (χ2v) is 5.38. The van der Waals surface area contributed by atoms with Crippen molar-refractivity contribution in [2.45, 2.75) is 84.5 Å². The summed E-state index contributed by atoms with van der Waals surface area (Å²) in [7, 11) is 0. The van der Waals surface area contributed by atoms with Crippen LogP contribution in [-0.4, -0.2) is 12.7 Å². The van der Waals surface area contributed by atoms with E-state index >= 15 is 0 Å². The molecule has 0 aliphatic carbocycles. The van der Waals surface area contributed by atoms with Crippen LogP contribution in [-0.2, 0) is 9.53 Å². The molecule has 0 aliphatic rings. The monoisotopic (exact) mass is 271 g/mol. The van der Waals surface area contributed by atoms with Crippen LogP contribution < -0.4 is 5.73 Å². The Bertz CT molecular complexity index is 207. The SMILES string of the molecule is CCCCCCCC(CCCCCC)C(=O)OCN. The predicted molar refractivity (Wildman–Crippen MR) is 80.8 cm³/mol. The molecule has 2 N–H and O–H groups in total. The van der Waals surface area contributed by atoms with Gasteiger partial charge in [-0.2, -0.15) is 0 Å². The van der Waals surface area contributed by atoms with Gasteiger partial charge in [-0.3, -0.25) is 10.5 Å². The van der Waals surface area contributed by atoms with E-state index in [0.717, 1.165) is 25.7 Å². The van der Waals surface area contributed by atoms with E-state index in [4.69, 9.17) is 10.5 Å². The highest BCUT2D eigenvalue weighted by molar-refractivity contribution is 5.72. The van der Waals surface area contributed by atoms with Gasteiger partial charge in [-0.25, -0.2) is 0 Å². The van der Waals surface area contributed by atoms with Crippen LogP contribution in [0.3, 0.4) is 0 Å². The Morgan fingerprint density at radius 1 is 0.895 bits per heavy atom. The Hall–Kier alpha value is -0.570. The summed E-state index contributed by atoms with van der Waals surface area (Å²) in [6.07, 6.45) is 13.0. The van der Waals surface area contributed by atoms with Crippen LogP contribution in [0.1, 0.15) is 84.5 Å². The largest absolute Gasteiger partial charge is 0.450 e. The molecule has 0 aromatic carbocycles. The van der Waals surface area contributed by atoms with Gasteiger partial charge in [0.1, 0.15) is 6.73 Å². The number of hydrogen-bond acceptors (Lipinski definition) is 3. The molecule has 0 radical (unpaired) electrons. The minimum absolute atomic E-state index is 0.0140. The third kappa shape index (κ3) is 11.0. The van der Waals surface area contributed by atoms with Crippen LogP contribution in [0.15, 0.2) is 0 Å². The second-order valence-electron chi connectivity index (χ2n) is 5.38. The van der Waals surface area contributed by atoms with E-state index in [0.29, 0.717) is 0 Å². The van der Waals surface area contributed by atoms with Crippen molar-refractivity contribution < 1.29 is 9.53 Å². The zero-order chi connectivity index (χ0) is 14.3. The molecule has 3 nitrogen and oxygen atoms in total. The van der Waals surface area contributed by atoms with Gasteiger partial charge < -0.3 is 4.74 Å². The fraction of sp³-hybridized carbons (Fsp3) is 0.938. The van der Waals surface area contributed by atoms with Crippen molar-refractivity contribution in [1.82, 2.24) is 0 Å². The molecular weight excluding hydrogens is 238 g/mol. The van der Waals surface area contributed by atoms with Crippen LogP contribution in [0.2, 0.25) is 0 Å². The predicted octanol–water partition coefficient (Wildman–Crippen LogP) is 4.39. The maximum Gasteiger partial charge on any atom is 0.310 e. The van der Waals surface area contributed by atoms with E-state index in [1.54, 1.807) is 0 Å². The van der Waals surface area contributed by atoms with Gasteiger partial charge in [0.15, 0.2) is 0 Å². The van der Waals surface area contributed by atoms with Gasteiger partial charge in [-0.05, 0) is 12.8 Å². The quantitative estimate of drug-likeness (QED) is 0.307. The first-order valence-corrected chi connectivity index (χ1v) is 8.12. The first kappa shape index (κ1) is 18.4. The van der Waals surface area contributed by atoms with E-state index in [2.05, 4.69) is 13.8 Å². The lowest BCUT2D eigenvalue weighted by atomic mass is 9.94. The molecule has 19 heavy (non-hydrogen) atoms. The molecule has 0 spiro atoms. The summed E-state index contributed by atoms with van der Waals surface area (Å²) in [5.41, 5.74) is 5.29. The van der Waals surface area contributed by atoms with Crippen molar-refractivity contribution in [1.29, 1.82) is 0 Å². The molecule has 114 valence electrons. The van der Waals surface area contributed by atoms with E-state index in [1.165, 1.54) is 44.9 Å². The number of unbranched alkanes of at least 4 members (excludes halogenated alkanes) is 7. The normalized spacial score (nSPS) is 12.4. The van der Waals surface area contributed by atoms with Gasteiger partial charge in [0.05, 0.1) is 5.92 Å². The zero-order valence-corrected chi connectivity index (χ0v) is 13.0. The van der Waals surface area contributed by atoms with Crippen molar-refractivity contribution in [2.75, 3.05) is 6.73 Å². The Morgan fingerprint density at radius 2 is 1.37 bits per heavy atom. The van der Waals surface area contributed by atoms with E-state index in [9.17, 15) is 4.79 Å². The van der Waals surface area contributed by atoms with Crippen LogP contribution in [0, 0.1) is 5.92 Å². The van der Waals surface area contributed by atoms with E-state index in [1.807, 2.05) is 0 Å². The van der Waals surface area contributed by atoms with Crippen molar-refractivity contribution in [2.24, 2.45) is 11.7 Å². The Kier molecular flexibility index (Phi) is 13.4. The van der Waals surface area contributed by atoms with Gasteiger partial charge in [0.25, 0.3) is 0 Å². The average Bonchev–Trinajstić information content (AvgIpc) is 2.41. The molecule has 0 aromatic heterocycles. The summed E-state index contributed by atoms with van der Waals surface area (Å²) in [6.45, 7) is 4.43. The molecule has 0 amide bonds. The zero-order valence-electron chi connectivity index (χ0n) is 13.0. The highest BCUT2D eigenvalue weighted by atomic mass is 16.5. The molecule has 1 unspecified atom stereocenters. The van der Waals surface area contributed by atoms with Crippen LogP contribution in [0.4, 0.5) is 0 Å². The minimum Gasteiger partial charge on any atom is -0.450 e. The van der Waals surface area contributed by atoms with Crippen LogP contribution in [0.5, 0.6) is 0 Å². The summed E-state index contributed by atoms with van der Waals surface area (Å²) >= 11 is 0. The summed E-state index contributed by atoms with van der Waals surface area (Å²) < 4.78 is 4.98. The minimum atomic E-state index is -0.0884. The summed E-state index contributed by atoms with van der Waals surface area (Å²) in [5.74, 6) is -0.0171. The number of hydrogen-bond donors (Lipinski definition) is 1. The molecule has 0 aromatic rings. The Labute approximate surface area is 119 Å². The van der Waals surface area contributed by atoms with Gasteiger partial charge in [-0.1, -0.05) is 71.6 Å². The molecule has 0 rings (SSSR count). The molecule has 0 saturated heterocycles. The van der Waals surface area contributed by atoms with Crippen LogP contribution >= 0.6 is 0 Å². The summed E-state index contributed by atoms with van der Waals surface area (Å²) in [6, 6.07) is 0. The lowest BCUT2D eigenvalue weighted by molar-refractivity contribution is -0.148. The first-order chi connectivity index (χ1) is 9.26. The van der Waals surface area contributed by atoms with Crippen molar-refractivity contribution in [3.05, 3.63) is 0 Å². The highest BCUT2D eigenvalue weighted by Crippen LogP contribution is 2.20. The van der Waals surface area contributed by atoms with Gasteiger partial charge in [0, 0.05) is 0 Å². The smallest absolute Gasteiger partial charge is 0.310 e. The van der Waals surface area contributed by atoms with Crippen molar-refractivity contribution in [3.63, 3.8) is 0 Å². The standard InChI is InChI=1S/C16H33NO2/c1-3-5-7-9-11-13-15(16(18)19-14-17)12-10-8-6-4-2/h15H,3-14,17H2,1-2H3. The molecule has 0 aliphatic heterocycles. The number of rotatable bonds is 13. The number of carbonyl (C=O) groups is 1. The fourth-order valence-electron chi connectivity index (χ4n) is 2.39. The highest BCUT2D eigenvalue weighted by Gasteiger charge is 2.18. The number of esters is 1. The fourth-order valence-corrected chi connectivity index (χ4v) is 2.39. The van der Waals surface area contributed by atoms with Crippen LogP contribution in [0.25, 0.3) is 0 Å². The molecule has 1 atom stereocenters. The summed E-state index contributed by atoms with van der Waals surface area (Å²) in [5, 5.41) is 0. The molecule has 3 heteroatoms. The number of ether oxygens (including phenoxy) is 1. The molecule has 0 fully saturated rings. The van der Waals surface area contributed by atoms with Crippen molar-refractivity contribution >= 4 is 5.97 Å². The lowest BCUT2D eigenvalue weighted by Gasteiger charge is -2.15. The topological polar surface area (TPSA) is 52.3 Å². The number of carbonyl (C=O) groups excluding carboxylic acids is 1. The van der Waals surface area contributed by atoms with E-state index in [-0.39, 0.29) is 18.6 Å². The Morgan fingerprint density at radius 3 is 1.84 bits per heavy atom. The second kappa shape index (κ2) is 13.9.